The first kappa shape index (κ1) is 16.0. The second kappa shape index (κ2) is 6.50. The van der Waals surface area contributed by atoms with E-state index in [1.165, 1.54) is 12.1 Å². The van der Waals surface area contributed by atoms with Crippen LogP contribution in [-0.2, 0) is 0 Å². The molecule has 0 amide bonds. The molecular formula is C20H17FN4O2. The minimum Gasteiger partial charge on any atom is -0.423 e. The molecule has 0 bridgehead atoms. The van der Waals surface area contributed by atoms with Crippen LogP contribution < -0.4 is 4.90 Å². The van der Waals surface area contributed by atoms with Crippen LogP contribution in [0, 0.1) is 5.82 Å². The van der Waals surface area contributed by atoms with E-state index in [0.29, 0.717) is 24.3 Å². The van der Waals surface area contributed by atoms with Crippen molar-refractivity contribution in [3.63, 3.8) is 0 Å². The van der Waals surface area contributed by atoms with Crippen molar-refractivity contribution in [2.45, 2.75) is 18.8 Å². The van der Waals surface area contributed by atoms with Gasteiger partial charge in [-0.25, -0.2) is 4.39 Å². The van der Waals surface area contributed by atoms with Crippen molar-refractivity contribution in [1.29, 1.82) is 0 Å². The molecule has 6 nitrogen and oxygen atoms in total. The van der Waals surface area contributed by atoms with Gasteiger partial charge in [0.1, 0.15) is 11.3 Å². The second-order valence-corrected chi connectivity index (χ2v) is 6.71. The number of oxazole rings is 1. The van der Waals surface area contributed by atoms with Crippen molar-refractivity contribution in [3.8, 4) is 11.4 Å². The van der Waals surface area contributed by atoms with E-state index in [0.717, 1.165) is 36.0 Å². The third-order valence-electron chi connectivity index (χ3n) is 4.87. The van der Waals surface area contributed by atoms with Crippen LogP contribution in [0.25, 0.3) is 22.5 Å². The molecule has 1 saturated heterocycles. The Kier molecular flexibility index (Phi) is 3.85. The first-order chi connectivity index (χ1) is 13.3. The van der Waals surface area contributed by atoms with Crippen LogP contribution in [-0.4, -0.2) is 28.2 Å². The summed E-state index contributed by atoms with van der Waals surface area (Å²) in [5.41, 5.74) is 2.37. The minimum atomic E-state index is -0.288. The maximum absolute atomic E-state index is 13.1. The fourth-order valence-corrected chi connectivity index (χ4v) is 3.47. The van der Waals surface area contributed by atoms with E-state index < -0.39 is 0 Å². The molecule has 2 aromatic carbocycles. The fourth-order valence-electron chi connectivity index (χ4n) is 3.47. The molecule has 0 unspecified atom stereocenters. The van der Waals surface area contributed by atoms with Gasteiger partial charge in [-0.05, 0) is 49.2 Å². The van der Waals surface area contributed by atoms with Crippen molar-refractivity contribution >= 4 is 17.1 Å². The van der Waals surface area contributed by atoms with Gasteiger partial charge in [-0.3, -0.25) is 0 Å². The lowest BCUT2D eigenvalue weighted by molar-refractivity contribution is 0.330. The van der Waals surface area contributed by atoms with E-state index in [9.17, 15) is 4.39 Å². The van der Waals surface area contributed by atoms with Crippen molar-refractivity contribution in [2.75, 3.05) is 18.0 Å². The lowest BCUT2D eigenvalue weighted by atomic mass is 9.98. The molecule has 1 fully saturated rings. The van der Waals surface area contributed by atoms with Gasteiger partial charge in [0.15, 0.2) is 5.58 Å². The maximum atomic E-state index is 13.1. The van der Waals surface area contributed by atoms with Gasteiger partial charge in [0.2, 0.25) is 11.7 Å². The van der Waals surface area contributed by atoms with E-state index in [1.807, 2.05) is 24.3 Å². The summed E-state index contributed by atoms with van der Waals surface area (Å²) in [6.45, 7) is 1.58. The minimum absolute atomic E-state index is 0.107. The summed E-state index contributed by atoms with van der Waals surface area (Å²) < 4.78 is 24.5. The van der Waals surface area contributed by atoms with Crippen LogP contribution in [0.1, 0.15) is 24.7 Å². The number of aromatic nitrogens is 3. The summed E-state index contributed by atoms with van der Waals surface area (Å²) in [4.78, 5) is 11.2. The summed E-state index contributed by atoms with van der Waals surface area (Å²) in [7, 11) is 0. The zero-order chi connectivity index (χ0) is 18.2. The van der Waals surface area contributed by atoms with Gasteiger partial charge >= 0.3 is 0 Å². The van der Waals surface area contributed by atoms with Crippen molar-refractivity contribution in [1.82, 2.24) is 15.1 Å². The van der Waals surface area contributed by atoms with Gasteiger partial charge in [-0.1, -0.05) is 17.3 Å². The highest BCUT2D eigenvalue weighted by atomic mass is 19.1. The number of piperidine rings is 1. The van der Waals surface area contributed by atoms with Crippen LogP contribution in [0.2, 0.25) is 0 Å². The lowest BCUT2D eigenvalue weighted by Gasteiger charge is -2.29. The molecule has 136 valence electrons. The van der Waals surface area contributed by atoms with Crippen LogP contribution in [0.15, 0.2) is 57.5 Å². The number of benzene rings is 2. The Morgan fingerprint density at radius 2 is 1.89 bits per heavy atom. The molecule has 0 radical (unpaired) electrons. The molecule has 5 rings (SSSR count). The average Bonchev–Trinajstić information content (AvgIpc) is 3.36. The summed E-state index contributed by atoms with van der Waals surface area (Å²) in [6.07, 6.45) is 1.94. The lowest BCUT2D eigenvalue weighted by Crippen LogP contribution is -2.34. The molecule has 0 N–H and O–H groups in total. The SMILES string of the molecule is Fc1ccc(-c2noc([C@H]3CCCN(c4nc5ccccc5o4)C3)n2)cc1. The Bertz CT molecular complexity index is 1040. The summed E-state index contributed by atoms with van der Waals surface area (Å²) in [5.74, 6) is 0.887. The number of rotatable bonds is 3. The van der Waals surface area contributed by atoms with E-state index in [4.69, 9.17) is 8.94 Å². The van der Waals surface area contributed by atoms with Gasteiger partial charge in [0.05, 0.1) is 5.92 Å². The Morgan fingerprint density at radius 3 is 2.74 bits per heavy atom. The number of para-hydroxylation sites is 2. The average molecular weight is 364 g/mol. The van der Waals surface area contributed by atoms with Crippen molar-refractivity contribution in [2.24, 2.45) is 0 Å². The second-order valence-electron chi connectivity index (χ2n) is 6.71. The molecule has 0 saturated carbocycles. The van der Waals surface area contributed by atoms with Crippen LogP contribution in [0.5, 0.6) is 0 Å². The van der Waals surface area contributed by atoms with Gasteiger partial charge in [-0.15, -0.1) is 0 Å². The van der Waals surface area contributed by atoms with Gasteiger partial charge < -0.3 is 13.8 Å². The van der Waals surface area contributed by atoms with Crippen molar-refractivity contribution < 1.29 is 13.3 Å². The number of anilines is 1. The first-order valence-electron chi connectivity index (χ1n) is 8.96. The molecular weight excluding hydrogens is 347 g/mol. The summed E-state index contributed by atoms with van der Waals surface area (Å²) in [5, 5.41) is 4.06. The normalized spacial score (nSPS) is 17.5. The van der Waals surface area contributed by atoms with Gasteiger partial charge in [0, 0.05) is 18.7 Å². The summed E-state index contributed by atoms with van der Waals surface area (Å²) in [6, 6.07) is 14.4. The molecule has 0 aliphatic carbocycles. The predicted octanol–water partition coefficient (Wildman–Crippen LogP) is 4.40. The van der Waals surface area contributed by atoms with Crippen LogP contribution in [0.4, 0.5) is 10.4 Å². The zero-order valence-corrected chi connectivity index (χ0v) is 14.5. The third-order valence-corrected chi connectivity index (χ3v) is 4.87. The third kappa shape index (κ3) is 3.05. The van der Waals surface area contributed by atoms with Gasteiger partial charge in [0.25, 0.3) is 6.01 Å². The maximum Gasteiger partial charge on any atom is 0.298 e. The number of hydrogen-bond acceptors (Lipinski definition) is 6. The predicted molar refractivity (Wildman–Crippen MR) is 97.9 cm³/mol. The van der Waals surface area contributed by atoms with Crippen LogP contribution in [0.3, 0.4) is 0 Å². The highest BCUT2D eigenvalue weighted by Crippen LogP contribution is 2.31. The number of nitrogens with zero attached hydrogens (tertiary/aromatic N) is 4. The fraction of sp³-hybridized carbons (Fsp3) is 0.250. The van der Waals surface area contributed by atoms with E-state index >= 15 is 0 Å². The number of hydrogen-bond donors (Lipinski definition) is 0. The zero-order valence-electron chi connectivity index (χ0n) is 14.5. The molecule has 1 aliphatic rings. The molecule has 1 atom stereocenters. The Hall–Kier alpha value is -3.22. The molecule has 7 heteroatoms. The molecule has 1 aliphatic heterocycles. The first-order valence-corrected chi connectivity index (χ1v) is 8.96. The molecule has 2 aromatic heterocycles. The largest absolute Gasteiger partial charge is 0.423 e. The Balaban J connectivity index is 1.37. The highest BCUT2D eigenvalue weighted by molar-refractivity contribution is 5.74. The monoisotopic (exact) mass is 364 g/mol. The van der Waals surface area contributed by atoms with Gasteiger partial charge in [-0.2, -0.15) is 9.97 Å². The topological polar surface area (TPSA) is 68.2 Å². The Labute approximate surface area is 154 Å². The smallest absolute Gasteiger partial charge is 0.298 e. The summed E-state index contributed by atoms with van der Waals surface area (Å²) >= 11 is 0. The van der Waals surface area contributed by atoms with E-state index in [-0.39, 0.29) is 11.7 Å². The molecule has 4 aromatic rings. The number of halogens is 1. The highest BCUT2D eigenvalue weighted by Gasteiger charge is 2.28. The van der Waals surface area contributed by atoms with E-state index in [1.54, 1.807) is 12.1 Å². The standard InChI is InChI=1S/C20H17FN4O2/c21-15-9-7-13(8-10-15)18-23-19(27-24-18)14-4-3-11-25(12-14)20-22-16-5-1-2-6-17(16)26-20/h1-2,5-10,14H,3-4,11-12H2/t14-/m0/s1. The molecule has 0 spiro atoms. The quantitative estimate of drug-likeness (QED) is 0.537. The molecule has 3 heterocycles. The Morgan fingerprint density at radius 1 is 1.04 bits per heavy atom. The van der Waals surface area contributed by atoms with Crippen molar-refractivity contribution in [3.05, 3.63) is 60.2 Å². The number of fused-ring (bicyclic) bond motifs is 1. The van der Waals surface area contributed by atoms with Crippen LogP contribution >= 0.6 is 0 Å². The van der Waals surface area contributed by atoms with E-state index in [2.05, 4.69) is 20.0 Å². The molecule has 27 heavy (non-hydrogen) atoms.